The van der Waals surface area contributed by atoms with Crippen molar-refractivity contribution in [3.05, 3.63) is 71.4 Å². The van der Waals surface area contributed by atoms with E-state index in [1.165, 1.54) is 25.6 Å². The summed E-state index contributed by atoms with van der Waals surface area (Å²) >= 11 is 0. The van der Waals surface area contributed by atoms with Crippen LogP contribution in [0.4, 0.5) is 4.39 Å². The molecule has 28 heavy (non-hydrogen) atoms. The first-order valence-corrected chi connectivity index (χ1v) is 8.72. The van der Waals surface area contributed by atoms with Gasteiger partial charge < -0.3 is 15.2 Å². The van der Waals surface area contributed by atoms with E-state index in [0.717, 1.165) is 11.3 Å². The maximum atomic E-state index is 13.6. The number of halogens is 1. The number of primary amides is 1. The van der Waals surface area contributed by atoms with Gasteiger partial charge in [-0.25, -0.2) is 14.4 Å². The average molecular weight is 381 g/mol. The Labute approximate surface area is 162 Å². The number of ether oxygens (including phenoxy) is 2. The van der Waals surface area contributed by atoms with E-state index in [1.807, 2.05) is 19.1 Å². The normalized spacial score (nSPS) is 10.5. The van der Waals surface area contributed by atoms with Gasteiger partial charge in [0.15, 0.2) is 0 Å². The minimum Gasteiger partial charge on any atom is -0.496 e. The molecule has 0 aliphatic rings. The summed E-state index contributed by atoms with van der Waals surface area (Å²) in [4.78, 5) is 20.2. The molecule has 0 saturated heterocycles. The fourth-order valence-electron chi connectivity index (χ4n) is 2.89. The van der Waals surface area contributed by atoms with Crippen LogP contribution in [0.2, 0.25) is 0 Å². The predicted octanol–water partition coefficient (Wildman–Crippen LogP) is 3.38. The second kappa shape index (κ2) is 8.47. The van der Waals surface area contributed by atoms with Crippen molar-refractivity contribution in [1.82, 2.24) is 9.97 Å². The Morgan fingerprint density at radius 1 is 1.11 bits per heavy atom. The van der Waals surface area contributed by atoms with Gasteiger partial charge in [-0.2, -0.15) is 0 Å². The maximum absolute atomic E-state index is 13.6. The highest BCUT2D eigenvalue weighted by molar-refractivity contribution is 5.95. The van der Waals surface area contributed by atoms with E-state index in [2.05, 4.69) is 9.97 Å². The molecule has 2 N–H and O–H groups in total. The summed E-state index contributed by atoms with van der Waals surface area (Å²) in [6.45, 7) is 2.25. The van der Waals surface area contributed by atoms with Gasteiger partial charge in [0.2, 0.25) is 0 Å². The van der Waals surface area contributed by atoms with Crippen LogP contribution in [0.25, 0.3) is 11.3 Å². The van der Waals surface area contributed by atoms with E-state index < -0.39 is 5.91 Å². The molecule has 0 saturated carbocycles. The molecule has 1 heterocycles. The SMILES string of the molecule is CCOc1cc(F)ccc1-c1cc(Cc2ccc(OC)c(C(N)=O)c2)ncn1. The van der Waals surface area contributed by atoms with Gasteiger partial charge in [-0.3, -0.25) is 4.79 Å². The standard InChI is InChI=1S/C21H20FN3O3/c1-3-28-20-10-14(22)5-6-16(20)18-11-15(24-12-25-18)8-13-4-7-19(27-2)17(9-13)21(23)26/h4-7,9-12H,3,8H2,1-2H3,(H2,23,26). The molecular formula is C21H20FN3O3. The molecule has 0 spiro atoms. The predicted molar refractivity (Wildman–Crippen MR) is 103 cm³/mol. The largest absolute Gasteiger partial charge is 0.496 e. The molecule has 0 aliphatic heterocycles. The zero-order chi connectivity index (χ0) is 20.1. The zero-order valence-electron chi connectivity index (χ0n) is 15.6. The Morgan fingerprint density at radius 3 is 2.64 bits per heavy atom. The Kier molecular flexibility index (Phi) is 5.84. The third kappa shape index (κ3) is 4.25. The first-order chi connectivity index (χ1) is 13.5. The summed E-state index contributed by atoms with van der Waals surface area (Å²) < 4.78 is 24.3. The molecule has 0 radical (unpaired) electrons. The number of hydrogen-bond donors (Lipinski definition) is 1. The second-order valence-electron chi connectivity index (χ2n) is 6.04. The molecule has 1 amide bonds. The van der Waals surface area contributed by atoms with Crippen molar-refractivity contribution in [2.75, 3.05) is 13.7 Å². The monoisotopic (exact) mass is 381 g/mol. The molecule has 0 bridgehead atoms. The lowest BCUT2D eigenvalue weighted by Crippen LogP contribution is -2.13. The summed E-state index contributed by atoms with van der Waals surface area (Å²) in [5.41, 5.74) is 8.62. The molecule has 7 heteroatoms. The highest BCUT2D eigenvalue weighted by Gasteiger charge is 2.13. The third-order valence-electron chi connectivity index (χ3n) is 4.16. The maximum Gasteiger partial charge on any atom is 0.252 e. The van der Waals surface area contributed by atoms with Gasteiger partial charge in [0.25, 0.3) is 5.91 Å². The molecule has 1 aromatic heterocycles. The van der Waals surface area contributed by atoms with Crippen molar-refractivity contribution >= 4 is 5.91 Å². The van der Waals surface area contributed by atoms with E-state index in [1.54, 1.807) is 18.2 Å². The Hall–Kier alpha value is -3.48. The van der Waals surface area contributed by atoms with Crippen LogP contribution < -0.4 is 15.2 Å². The summed E-state index contributed by atoms with van der Waals surface area (Å²) in [6.07, 6.45) is 1.91. The lowest BCUT2D eigenvalue weighted by molar-refractivity contribution is 0.0997. The summed E-state index contributed by atoms with van der Waals surface area (Å²) in [6, 6.07) is 11.4. The number of methoxy groups -OCH3 is 1. The Bertz CT molecular complexity index is 1010. The molecule has 6 nitrogen and oxygen atoms in total. The molecular weight excluding hydrogens is 361 g/mol. The highest BCUT2D eigenvalue weighted by atomic mass is 19.1. The molecule has 0 aliphatic carbocycles. The third-order valence-corrected chi connectivity index (χ3v) is 4.16. The fraction of sp³-hybridized carbons (Fsp3) is 0.190. The van der Waals surface area contributed by atoms with E-state index in [0.29, 0.717) is 41.3 Å². The quantitative estimate of drug-likeness (QED) is 0.678. The van der Waals surface area contributed by atoms with Gasteiger partial charge in [0.1, 0.15) is 23.6 Å². The van der Waals surface area contributed by atoms with Gasteiger partial charge in [-0.05, 0) is 42.8 Å². The zero-order valence-corrected chi connectivity index (χ0v) is 15.6. The molecule has 144 valence electrons. The van der Waals surface area contributed by atoms with Gasteiger partial charge in [0.05, 0.1) is 25.0 Å². The average Bonchev–Trinajstić information content (AvgIpc) is 2.68. The van der Waals surface area contributed by atoms with Gasteiger partial charge in [-0.1, -0.05) is 6.07 Å². The van der Waals surface area contributed by atoms with Crippen LogP contribution in [-0.4, -0.2) is 29.6 Å². The van der Waals surface area contributed by atoms with Crippen molar-refractivity contribution in [3.63, 3.8) is 0 Å². The smallest absolute Gasteiger partial charge is 0.252 e. The van der Waals surface area contributed by atoms with Crippen LogP contribution in [0.15, 0.2) is 48.8 Å². The molecule has 3 rings (SSSR count). The fourth-order valence-corrected chi connectivity index (χ4v) is 2.89. The van der Waals surface area contributed by atoms with E-state index in [9.17, 15) is 9.18 Å². The number of amides is 1. The molecule has 0 atom stereocenters. The number of nitrogens with zero attached hydrogens (tertiary/aromatic N) is 2. The van der Waals surface area contributed by atoms with Crippen LogP contribution in [0.1, 0.15) is 28.5 Å². The molecule has 0 unspecified atom stereocenters. The van der Waals surface area contributed by atoms with E-state index in [4.69, 9.17) is 15.2 Å². The summed E-state index contributed by atoms with van der Waals surface area (Å²) in [5.74, 6) is -0.0895. The number of benzene rings is 2. The highest BCUT2D eigenvalue weighted by Crippen LogP contribution is 2.30. The van der Waals surface area contributed by atoms with E-state index in [-0.39, 0.29) is 5.82 Å². The first-order valence-electron chi connectivity index (χ1n) is 8.72. The van der Waals surface area contributed by atoms with Crippen LogP contribution in [0.5, 0.6) is 11.5 Å². The van der Waals surface area contributed by atoms with Gasteiger partial charge >= 0.3 is 0 Å². The topological polar surface area (TPSA) is 87.3 Å². The first kappa shape index (κ1) is 19.3. The summed E-state index contributed by atoms with van der Waals surface area (Å²) in [7, 11) is 1.48. The van der Waals surface area contributed by atoms with Crippen LogP contribution in [0.3, 0.4) is 0 Å². The Morgan fingerprint density at radius 2 is 1.93 bits per heavy atom. The van der Waals surface area contributed by atoms with Crippen LogP contribution >= 0.6 is 0 Å². The van der Waals surface area contributed by atoms with Crippen LogP contribution in [0, 0.1) is 5.82 Å². The number of carbonyl (C=O) groups is 1. The number of aromatic nitrogens is 2. The Balaban J connectivity index is 1.93. The van der Waals surface area contributed by atoms with Crippen molar-refractivity contribution in [3.8, 4) is 22.8 Å². The van der Waals surface area contributed by atoms with Crippen molar-refractivity contribution in [2.24, 2.45) is 5.73 Å². The van der Waals surface area contributed by atoms with E-state index >= 15 is 0 Å². The van der Waals surface area contributed by atoms with Gasteiger partial charge in [0, 0.05) is 23.7 Å². The van der Waals surface area contributed by atoms with Gasteiger partial charge in [-0.15, -0.1) is 0 Å². The number of carbonyl (C=O) groups excluding carboxylic acids is 1. The number of hydrogen-bond acceptors (Lipinski definition) is 5. The van der Waals surface area contributed by atoms with Crippen molar-refractivity contribution in [2.45, 2.75) is 13.3 Å². The minimum atomic E-state index is -0.560. The number of nitrogens with two attached hydrogens (primary N) is 1. The lowest BCUT2D eigenvalue weighted by Gasteiger charge is -2.11. The molecule has 2 aromatic carbocycles. The second-order valence-corrected chi connectivity index (χ2v) is 6.04. The lowest BCUT2D eigenvalue weighted by atomic mass is 10.0. The molecule has 3 aromatic rings. The van der Waals surface area contributed by atoms with Crippen LogP contribution in [-0.2, 0) is 6.42 Å². The summed E-state index contributed by atoms with van der Waals surface area (Å²) in [5, 5.41) is 0. The molecule has 0 fully saturated rings. The number of rotatable bonds is 7. The van der Waals surface area contributed by atoms with Crippen molar-refractivity contribution < 1.29 is 18.7 Å². The minimum absolute atomic E-state index is 0.312. The van der Waals surface area contributed by atoms with Crippen molar-refractivity contribution in [1.29, 1.82) is 0 Å².